The minimum Gasteiger partial charge on any atom is -0.493 e. The highest BCUT2D eigenvalue weighted by atomic mass is 16.5. The summed E-state index contributed by atoms with van der Waals surface area (Å²) in [5.41, 5.74) is 6.92. The number of fused-ring (bicyclic) bond motifs is 1. The SMILES string of the molecule is CCC(N)=NC1CCOc2ccccc21. The lowest BCUT2D eigenvalue weighted by atomic mass is 10.0. The molecule has 0 fully saturated rings. The number of nitrogens with zero attached hydrogens (tertiary/aromatic N) is 1. The maximum absolute atomic E-state index is 5.77. The van der Waals surface area contributed by atoms with Gasteiger partial charge in [0, 0.05) is 18.4 Å². The summed E-state index contributed by atoms with van der Waals surface area (Å²) in [6.45, 7) is 2.74. The number of benzene rings is 1. The van der Waals surface area contributed by atoms with E-state index in [2.05, 4.69) is 11.1 Å². The molecule has 1 aliphatic rings. The number of aliphatic imine (C=N–C) groups is 1. The third-order valence-corrected chi connectivity index (χ3v) is 2.61. The topological polar surface area (TPSA) is 47.6 Å². The molecule has 0 aliphatic carbocycles. The Labute approximate surface area is 90.0 Å². The highest BCUT2D eigenvalue weighted by molar-refractivity contribution is 5.80. The van der Waals surface area contributed by atoms with Gasteiger partial charge in [0.05, 0.1) is 18.5 Å². The molecule has 0 spiro atoms. The maximum Gasteiger partial charge on any atom is 0.124 e. The molecule has 0 radical (unpaired) electrons. The Bertz CT molecular complexity index is 374. The number of amidine groups is 1. The molecule has 0 saturated heterocycles. The van der Waals surface area contributed by atoms with Crippen LogP contribution in [0.4, 0.5) is 0 Å². The largest absolute Gasteiger partial charge is 0.493 e. The summed E-state index contributed by atoms with van der Waals surface area (Å²) >= 11 is 0. The molecule has 0 amide bonds. The minimum absolute atomic E-state index is 0.176. The molecule has 0 saturated carbocycles. The molecular weight excluding hydrogens is 188 g/mol. The van der Waals surface area contributed by atoms with Crippen LogP contribution < -0.4 is 10.5 Å². The van der Waals surface area contributed by atoms with Gasteiger partial charge in [-0.05, 0) is 6.07 Å². The molecule has 1 aliphatic heterocycles. The first-order valence-corrected chi connectivity index (χ1v) is 5.35. The van der Waals surface area contributed by atoms with Gasteiger partial charge in [-0.3, -0.25) is 4.99 Å². The van der Waals surface area contributed by atoms with Crippen LogP contribution in [0.5, 0.6) is 5.75 Å². The standard InChI is InChI=1S/C12H16N2O/c1-2-12(13)14-10-7-8-15-11-6-4-3-5-9(10)11/h3-6,10H,2,7-8H2,1H3,(H2,13,14). The molecule has 1 heterocycles. The van der Waals surface area contributed by atoms with Gasteiger partial charge in [-0.2, -0.15) is 0 Å². The van der Waals surface area contributed by atoms with E-state index < -0.39 is 0 Å². The molecule has 1 atom stereocenters. The Kier molecular flexibility index (Phi) is 2.90. The third kappa shape index (κ3) is 2.12. The van der Waals surface area contributed by atoms with Gasteiger partial charge in [0.15, 0.2) is 0 Å². The minimum atomic E-state index is 0.176. The second kappa shape index (κ2) is 4.34. The first-order valence-electron chi connectivity index (χ1n) is 5.35. The number of para-hydroxylation sites is 1. The Morgan fingerprint density at radius 3 is 3.13 bits per heavy atom. The van der Waals surface area contributed by atoms with E-state index >= 15 is 0 Å². The van der Waals surface area contributed by atoms with Crippen LogP contribution in [-0.2, 0) is 0 Å². The van der Waals surface area contributed by atoms with Crippen molar-refractivity contribution in [3.8, 4) is 5.75 Å². The zero-order chi connectivity index (χ0) is 10.7. The number of rotatable bonds is 2. The number of ether oxygens (including phenoxy) is 1. The van der Waals surface area contributed by atoms with Crippen molar-refractivity contribution < 1.29 is 4.74 Å². The van der Waals surface area contributed by atoms with Gasteiger partial charge in [0.1, 0.15) is 5.75 Å². The predicted molar refractivity (Wildman–Crippen MR) is 61.2 cm³/mol. The van der Waals surface area contributed by atoms with Gasteiger partial charge in [-0.1, -0.05) is 25.1 Å². The fourth-order valence-electron chi connectivity index (χ4n) is 1.75. The lowest BCUT2D eigenvalue weighted by molar-refractivity contribution is 0.269. The molecule has 2 N–H and O–H groups in total. The molecule has 80 valence electrons. The zero-order valence-electron chi connectivity index (χ0n) is 8.94. The van der Waals surface area contributed by atoms with E-state index in [9.17, 15) is 0 Å². The van der Waals surface area contributed by atoms with E-state index in [1.807, 2.05) is 25.1 Å². The maximum atomic E-state index is 5.77. The van der Waals surface area contributed by atoms with E-state index in [0.29, 0.717) is 0 Å². The van der Waals surface area contributed by atoms with Gasteiger partial charge in [-0.15, -0.1) is 0 Å². The number of hydrogen-bond donors (Lipinski definition) is 1. The van der Waals surface area contributed by atoms with Crippen molar-refractivity contribution in [1.82, 2.24) is 0 Å². The molecular formula is C12H16N2O. The summed E-state index contributed by atoms with van der Waals surface area (Å²) < 4.78 is 5.56. The van der Waals surface area contributed by atoms with E-state index in [4.69, 9.17) is 10.5 Å². The summed E-state index contributed by atoms with van der Waals surface area (Å²) in [6, 6.07) is 8.21. The fourth-order valence-corrected chi connectivity index (χ4v) is 1.75. The van der Waals surface area contributed by atoms with Crippen LogP contribution in [0.1, 0.15) is 31.4 Å². The first kappa shape index (κ1) is 10.0. The Balaban J connectivity index is 2.30. The van der Waals surface area contributed by atoms with E-state index in [0.717, 1.165) is 36.6 Å². The summed E-state index contributed by atoms with van der Waals surface area (Å²) in [5, 5.41) is 0. The van der Waals surface area contributed by atoms with Crippen LogP contribution in [0.25, 0.3) is 0 Å². The predicted octanol–water partition coefficient (Wildman–Crippen LogP) is 2.28. The quantitative estimate of drug-likeness (QED) is 0.593. The lowest BCUT2D eigenvalue weighted by Gasteiger charge is -2.23. The van der Waals surface area contributed by atoms with Crippen LogP contribution in [0.3, 0.4) is 0 Å². The summed E-state index contributed by atoms with van der Waals surface area (Å²) in [7, 11) is 0. The first-order chi connectivity index (χ1) is 7.31. The summed E-state index contributed by atoms with van der Waals surface area (Å²) in [5.74, 6) is 1.66. The molecule has 1 aromatic carbocycles. The van der Waals surface area contributed by atoms with Crippen LogP contribution in [0.15, 0.2) is 29.3 Å². The highest BCUT2D eigenvalue weighted by Gasteiger charge is 2.19. The molecule has 1 aromatic rings. The third-order valence-electron chi connectivity index (χ3n) is 2.61. The molecule has 15 heavy (non-hydrogen) atoms. The van der Waals surface area contributed by atoms with Gasteiger partial charge in [-0.25, -0.2) is 0 Å². The monoisotopic (exact) mass is 204 g/mol. The Morgan fingerprint density at radius 1 is 1.53 bits per heavy atom. The van der Waals surface area contributed by atoms with E-state index in [-0.39, 0.29) is 6.04 Å². The van der Waals surface area contributed by atoms with Crippen molar-refractivity contribution in [2.45, 2.75) is 25.8 Å². The fraction of sp³-hybridized carbons (Fsp3) is 0.417. The van der Waals surface area contributed by atoms with Gasteiger partial charge in [0.25, 0.3) is 0 Å². The van der Waals surface area contributed by atoms with Gasteiger partial charge >= 0.3 is 0 Å². The van der Waals surface area contributed by atoms with Crippen molar-refractivity contribution in [1.29, 1.82) is 0 Å². The zero-order valence-corrected chi connectivity index (χ0v) is 8.94. The van der Waals surface area contributed by atoms with Crippen LogP contribution in [-0.4, -0.2) is 12.4 Å². The van der Waals surface area contributed by atoms with Crippen molar-refractivity contribution in [2.24, 2.45) is 10.7 Å². The van der Waals surface area contributed by atoms with Crippen LogP contribution >= 0.6 is 0 Å². The Hall–Kier alpha value is -1.51. The van der Waals surface area contributed by atoms with Crippen molar-refractivity contribution in [3.63, 3.8) is 0 Å². The van der Waals surface area contributed by atoms with Crippen molar-refractivity contribution in [2.75, 3.05) is 6.61 Å². The molecule has 3 heteroatoms. The smallest absolute Gasteiger partial charge is 0.124 e. The Morgan fingerprint density at radius 2 is 2.33 bits per heavy atom. The van der Waals surface area contributed by atoms with Crippen LogP contribution in [0.2, 0.25) is 0 Å². The lowest BCUT2D eigenvalue weighted by Crippen LogP contribution is -2.17. The van der Waals surface area contributed by atoms with Crippen LogP contribution in [0, 0.1) is 0 Å². The average Bonchev–Trinajstić information content (AvgIpc) is 2.29. The van der Waals surface area contributed by atoms with E-state index in [1.165, 1.54) is 0 Å². The van der Waals surface area contributed by atoms with Gasteiger partial charge < -0.3 is 10.5 Å². The summed E-state index contributed by atoms with van der Waals surface area (Å²) in [6.07, 6.45) is 1.72. The van der Waals surface area contributed by atoms with Crippen molar-refractivity contribution >= 4 is 5.84 Å². The molecule has 1 unspecified atom stereocenters. The second-order valence-electron chi connectivity index (χ2n) is 3.66. The number of hydrogen-bond acceptors (Lipinski definition) is 2. The average molecular weight is 204 g/mol. The molecule has 0 bridgehead atoms. The van der Waals surface area contributed by atoms with Gasteiger partial charge in [0.2, 0.25) is 0 Å². The molecule has 0 aromatic heterocycles. The molecule has 3 nitrogen and oxygen atoms in total. The highest BCUT2D eigenvalue weighted by Crippen LogP contribution is 2.34. The van der Waals surface area contributed by atoms with E-state index in [1.54, 1.807) is 0 Å². The second-order valence-corrected chi connectivity index (χ2v) is 3.66. The number of nitrogens with two attached hydrogens (primary N) is 1. The molecule has 2 rings (SSSR count). The normalized spacial score (nSPS) is 20.6. The summed E-state index contributed by atoms with van der Waals surface area (Å²) in [4.78, 5) is 4.51. The van der Waals surface area contributed by atoms with Crippen molar-refractivity contribution in [3.05, 3.63) is 29.8 Å².